The lowest BCUT2D eigenvalue weighted by Gasteiger charge is -2.33. The fourth-order valence-electron chi connectivity index (χ4n) is 4.44. The van der Waals surface area contributed by atoms with Gasteiger partial charge < -0.3 is 24.3 Å². The van der Waals surface area contributed by atoms with Crippen LogP contribution in [0.15, 0.2) is 60.7 Å². The van der Waals surface area contributed by atoms with Gasteiger partial charge in [0.15, 0.2) is 5.92 Å². The minimum atomic E-state index is -1.58. The van der Waals surface area contributed by atoms with Crippen LogP contribution in [-0.4, -0.2) is 68.8 Å². The number of hydrogen-bond acceptors (Lipinski definition) is 8. The van der Waals surface area contributed by atoms with Gasteiger partial charge in [-0.3, -0.25) is 19.3 Å². The molecule has 1 atom stereocenters. The Labute approximate surface area is 261 Å². The molecule has 1 unspecified atom stereocenters. The van der Waals surface area contributed by atoms with Gasteiger partial charge in [0.05, 0.1) is 25.7 Å². The molecule has 0 aliphatic rings. The number of carbonyl (C=O) groups excluding carboxylic acids is 4. The molecule has 1 N–H and O–H groups in total. The maximum atomic E-state index is 14.3. The Bertz CT molecular complexity index is 1110. The lowest BCUT2D eigenvalue weighted by atomic mass is 9.83. The highest BCUT2D eigenvalue weighted by Crippen LogP contribution is 2.29. The summed E-state index contributed by atoms with van der Waals surface area (Å²) in [4.78, 5) is 56.1. The number of hydrogen-bond donors (Lipinski definition) is 1. The van der Waals surface area contributed by atoms with E-state index < -0.39 is 41.1 Å². The molecule has 2 aromatic rings. The van der Waals surface area contributed by atoms with E-state index in [-0.39, 0.29) is 45.2 Å². The van der Waals surface area contributed by atoms with Crippen LogP contribution >= 0.6 is 0 Å². The molecule has 0 aliphatic carbocycles. The molecule has 0 bridgehead atoms. The molecular formula is C34H48N2O8. The number of rotatable bonds is 17. The highest BCUT2D eigenvalue weighted by molar-refractivity contribution is 6.03. The van der Waals surface area contributed by atoms with Gasteiger partial charge in [-0.1, -0.05) is 95.3 Å². The molecule has 10 nitrogen and oxygen atoms in total. The van der Waals surface area contributed by atoms with Crippen LogP contribution in [0.5, 0.6) is 0 Å². The number of esters is 2. The first-order valence-electron chi connectivity index (χ1n) is 15.0. The van der Waals surface area contributed by atoms with Gasteiger partial charge in [-0.15, -0.1) is 0 Å². The Morgan fingerprint density at radius 3 is 1.77 bits per heavy atom. The van der Waals surface area contributed by atoms with E-state index in [1.807, 2.05) is 71.0 Å². The highest BCUT2D eigenvalue weighted by atomic mass is 16.6. The molecule has 0 radical (unpaired) electrons. The summed E-state index contributed by atoms with van der Waals surface area (Å²) in [6.45, 7) is 10.5. The van der Waals surface area contributed by atoms with Crippen LogP contribution in [-0.2, 0) is 46.5 Å². The van der Waals surface area contributed by atoms with E-state index in [1.54, 1.807) is 31.4 Å². The molecule has 0 saturated carbocycles. The van der Waals surface area contributed by atoms with Crippen LogP contribution in [0.4, 0.5) is 4.79 Å². The van der Waals surface area contributed by atoms with Gasteiger partial charge in [0, 0.05) is 20.2 Å². The van der Waals surface area contributed by atoms with E-state index in [2.05, 4.69) is 5.32 Å². The molecule has 3 amide bonds. The molecule has 242 valence electrons. The molecule has 0 heterocycles. The van der Waals surface area contributed by atoms with Crippen LogP contribution in [0.1, 0.15) is 52.2 Å². The number of nitrogens with zero attached hydrogens (tertiary/aromatic N) is 1. The van der Waals surface area contributed by atoms with Gasteiger partial charge in [-0.2, -0.15) is 0 Å². The van der Waals surface area contributed by atoms with Crippen molar-refractivity contribution in [2.45, 2.75) is 54.3 Å². The summed E-state index contributed by atoms with van der Waals surface area (Å²) in [5.74, 6) is -5.28. The molecule has 44 heavy (non-hydrogen) atoms. The molecule has 0 aliphatic heterocycles. The smallest absolute Gasteiger partial charge is 0.324 e. The van der Waals surface area contributed by atoms with Crippen LogP contribution in [0, 0.1) is 23.2 Å². The lowest BCUT2D eigenvalue weighted by molar-refractivity contribution is -0.170. The average Bonchev–Trinajstić information content (AvgIpc) is 2.99. The largest absolute Gasteiger partial charge is 0.460 e. The molecule has 2 rings (SSSR count). The monoisotopic (exact) mass is 612 g/mol. The molecule has 2 aromatic carbocycles. The lowest BCUT2D eigenvalue weighted by Crippen LogP contribution is -2.53. The van der Waals surface area contributed by atoms with E-state index in [4.69, 9.17) is 18.9 Å². The van der Waals surface area contributed by atoms with Crippen molar-refractivity contribution in [1.82, 2.24) is 10.2 Å². The van der Waals surface area contributed by atoms with Crippen molar-refractivity contribution in [3.63, 3.8) is 0 Å². The zero-order valence-corrected chi connectivity index (χ0v) is 26.9. The normalized spacial score (nSPS) is 12.1. The Morgan fingerprint density at radius 2 is 1.32 bits per heavy atom. The number of amides is 3. The molecule has 0 aromatic heterocycles. The predicted molar refractivity (Wildman–Crippen MR) is 166 cm³/mol. The summed E-state index contributed by atoms with van der Waals surface area (Å²) in [5, 5.41) is 2.73. The minimum Gasteiger partial charge on any atom is -0.460 e. The van der Waals surface area contributed by atoms with Crippen molar-refractivity contribution < 1.29 is 38.1 Å². The second-order valence-electron chi connectivity index (χ2n) is 12.2. The Balaban J connectivity index is 2.37. The SMILES string of the molecule is COCCOCCNC(=O)N(CC(C)(C)C)C(=O)C(CC(C)C)C(C(=O)OCc1ccccc1)C(=O)OCc1ccccc1. The molecule has 10 heteroatoms. The van der Waals surface area contributed by atoms with Crippen molar-refractivity contribution in [3.8, 4) is 0 Å². The van der Waals surface area contributed by atoms with E-state index >= 15 is 0 Å². The van der Waals surface area contributed by atoms with Gasteiger partial charge in [-0.25, -0.2) is 4.79 Å². The van der Waals surface area contributed by atoms with Gasteiger partial charge >= 0.3 is 18.0 Å². The van der Waals surface area contributed by atoms with Gasteiger partial charge in [0.2, 0.25) is 5.91 Å². The summed E-state index contributed by atoms with van der Waals surface area (Å²) in [6.07, 6.45) is 0.151. The van der Waals surface area contributed by atoms with E-state index in [0.717, 1.165) is 16.0 Å². The number of nitrogens with one attached hydrogen (secondary N) is 1. The number of benzene rings is 2. The molecule has 0 spiro atoms. The molecule has 0 fully saturated rings. The number of imide groups is 1. The first-order valence-corrected chi connectivity index (χ1v) is 15.0. The van der Waals surface area contributed by atoms with Crippen molar-refractivity contribution in [2.24, 2.45) is 23.2 Å². The fraction of sp³-hybridized carbons (Fsp3) is 0.529. The maximum Gasteiger partial charge on any atom is 0.324 e. The van der Waals surface area contributed by atoms with Crippen molar-refractivity contribution in [2.75, 3.05) is 40.0 Å². The second kappa shape index (κ2) is 18.8. The Hall–Kier alpha value is -3.76. The summed E-state index contributed by atoms with van der Waals surface area (Å²) in [5.41, 5.74) is 0.984. The van der Waals surface area contributed by atoms with Crippen molar-refractivity contribution >= 4 is 23.9 Å². The third kappa shape index (κ3) is 13.3. The third-order valence-corrected chi connectivity index (χ3v) is 6.50. The van der Waals surface area contributed by atoms with E-state index in [9.17, 15) is 19.2 Å². The van der Waals surface area contributed by atoms with Crippen LogP contribution in [0.25, 0.3) is 0 Å². The maximum absolute atomic E-state index is 14.3. The first kappa shape index (κ1) is 36.4. The summed E-state index contributed by atoms with van der Waals surface area (Å²) >= 11 is 0. The Morgan fingerprint density at radius 1 is 0.795 bits per heavy atom. The van der Waals surface area contributed by atoms with Crippen molar-refractivity contribution in [1.29, 1.82) is 0 Å². The Kier molecular flexibility index (Phi) is 15.6. The predicted octanol–water partition coefficient (Wildman–Crippen LogP) is 5.00. The highest BCUT2D eigenvalue weighted by Gasteiger charge is 2.45. The number of ether oxygens (including phenoxy) is 4. The van der Waals surface area contributed by atoms with E-state index in [1.165, 1.54) is 0 Å². The number of methoxy groups -OCH3 is 1. The molecule has 0 saturated heterocycles. The third-order valence-electron chi connectivity index (χ3n) is 6.50. The van der Waals surface area contributed by atoms with Gasteiger partial charge in [-0.05, 0) is 28.9 Å². The number of carbonyl (C=O) groups is 4. The van der Waals surface area contributed by atoms with Crippen LogP contribution < -0.4 is 5.32 Å². The summed E-state index contributed by atoms with van der Waals surface area (Å²) < 4.78 is 21.6. The zero-order chi connectivity index (χ0) is 32.5. The summed E-state index contributed by atoms with van der Waals surface area (Å²) in [6, 6.07) is 17.5. The topological polar surface area (TPSA) is 120 Å². The zero-order valence-electron chi connectivity index (χ0n) is 26.9. The van der Waals surface area contributed by atoms with E-state index in [0.29, 0.717) is 13.2 Å². The van der Waals surface area contributed by atoms with Crippen LogP contribution in [0.2, 0.25) is 0 Å². The second-order valence-corrected chi connectivity index (χ2v) is 12.2. The average molecular weight is 613 g/mol. The van der Waals surface area contributed by atoms with Crippen LogP contribution in [0.3, 0.4) is 0 Å². The quantitative estimate of drug-likeness (QED) is 0.151. The van der Waals surface area contributed by atoms with Crippen molar-refractivity contribution in [3.05, 3.63) is 71.8 Å². The minimum absolute atomic E-state index is 0.0572. The van der Waals surface area contributed by atoms with Gasteiger partial charge in [0.25, 0.3) is 0 Å². The van der Waals surface area contributed by atoms with Gasteiger partial charge in [0.1, 0.15) is 13.2 Å². The molecular weight excluding hydrogens is 564 g/mol. The summed E-state index contributed by atoms with van der Waals surface area (Å²) in [7, 11) is 1.57. The number of urea groups is 1. The fourth-order valence-corrected chi connectivity index (χ4v) is 4.44. The standard InChI is InChI=1S/C34H48N2O8/c1-25(2)21-28(30(37)36(24-34(3,4)5)33(40)35-17-18-42-20-19-41-6)29(31(38)43-22-26-13-9-7-10-14-26)32(39)44-23-27-15-11-8-12-16-27/h7-16,25,28-29H,17-24H2,1-6H3,(H,35,40). The first-order chi connectivity index (χ1) is 20.9.